The van der Waals surface area contributed by atoms with E-state index in [1.807, 2.05) is 0 Å². The molecule has 0 bridgehead atoms. The summed E-state index contributed by atoms with van der Waals surface area (Å²) in [4.78, 5) is 11.7. The molecule has 1 aromatic carbocycles. The summed E-state index contributed by atoms with van der Waals surface area (Å²) in [5.74, 6) is -0.131. The number of rotatable bonds is 8. The van der Waals surface area contributed by atoms with E-state index in [0.29, 0.717) is 12.8 Å². The topological polar surface area (TPSA) is 126 Å². The first kappa shape index (κ1) is 20.2. The fourth-order valence-electron chi connectivity index (χ4n) is 2.45. The predicted molar refractivity (Wildman–Crippen MR) is 90.4 cm³/mol. The van der Waals surface area contributed by atoms with Crippen molar-refractivity contribution in [1.82, 2.24) is 0 Å². The van der Waals surface area contributed by atoms with Crippen LogP contribution in [0.15, 0.2) is 36.9 Å². The number of aliphatic hydroxyl groups excluding tert-OH is 3. The van der Waals surface area contributed by atoms with Gasteiger partial charge in [0.25, 0.3) is 0 Å². The minimum absolute atomic E-state index is 0.0409. The van der Waals surface area contributed by atoms with Crippen LogP contribution in [0.2, 0.25) is 0 Å². The predicted octanol–water partition coefficient (Wildman–Crippen LogP) is 0.478. The zero-order chi connectivity index (χ0) is 19.1. The van der Waals surface area contributed by atoms with Crippen molar-refractivity contribution in [1.29, 1.82) is 0 Å². The van der Waals surface area contributed by atoms with Crippen molar-refractivity contribution >= 4 is 5.97 Å². The molecule has 1 aliphatic heterocycles. The molecular formula is C18H24O8. The summed E-state index contributed by atoms with van der Waals surface area (Å²) >= 11 is 0. The van der Waals surface area contributed by atoms with Crippen molar-refractivity contribution in [2.75, 3.05) is 6.61 Å². The van der Waals surface area contributed by atoms with E-state index in [0.717, 1.165) is 0 Å². The van der Waals surface area contributed by atoms with Gasteiger partial charge in [-0.3, -0.25) is 4.79 Å². The smallest absolute Gasteiger partial charge is 0.305 e. The highest BCUT2D eigenvalue weighted by atomic mass is 16.7. The number of aliphatic hydroxyl groups is 3. The Morgan fingerprint density at radius 1 is 1.15 bits per heavy atom. The summed E-state index contributed by atoms with van der Waals surface area (Å²) in [6, 6.07) is 5.69. The molecule has 0 saturated carbocycles. The maximum Gasteiger partial charge on any atom is 0.305 e. The van der Waals surface area contributed by atoms with Gasteiger partial charge >= 0.3 is 5.97 Å². The van der Waals surface area contributed by atoms with Gasteiger partial charge in [-0.25, -0.2) is 0 Å². The van der Waals surface area contributed by atoms with Crippen LogP contribution < -0.4 is 4.74 Å². The van der Waals surface area contributed by atoms with Gasteiger partial charge in [0.15, 0.2) is 0 Å². The molecule has 5 atom stereocenters. The number of hydrogen-bond donors (Lipinski definition) is 4. The average molecular weight is 368 g/mol. The highest BCUT2D eigenvalue weighted by molar-refractivity contribution is 5.69. The van der Waals surface area contributed by atoms with E-state index < -0.39 is 36.7 Å². The minimum Gasteiger partial charge on any atom is -0.508 e. The number of phenolic OH excluding ortho intramolecular Hbond substituents is 1. The molecule has 0 spiro atoms. The minimum atomic E-state index is -1.53. The Morgan fingerprint density at radius 2 is 1.85 bits per heavy atom. The van der Waals surface area contributed by atoms with Gasteiger partial charge in [-0.2, -0.15) is 0 Å². The molecule has 1 fully saturated rings. The third-order valence-electron chi connectivity index (χ3n) is 3.96. The van der Waals surface area contributed by atoms with Crippen molar-refractivity contribution < 1.29 is 39.4 Å². The monoisotopic (exact) mass is 368 g/mol. The van der Waals surface area contributed by atoms with E-state index in [-0.39, 0.29) is 24.5 Å². The molecule has 0 radical (unpaired) electrons. The van der Waals surface area contributed by atoms with Crippen molar-refractivity contribution in [3.8, 4) is 11.5 Å². The molecule has 0 unspecified atom stereocenters. The summed E-state index contributed by atoms with van der Waals surface area (Å²) in [6.07, 6.45) is -3.62. The third-order valence-corrected chi connectivity index (χ3v) is 3.96. The number of unbranched alkanes of at least 4 members (excludes halogenated alkanes) is 1. The van der Waals surface area contributed by atoms with Crippen LogP contribution in [-0.4, -0.2) is 63.7 Å². The lowest BCUT2D eigenvalue weighted by Crippen LogP contribution is -2.60. The van der Waals surface area contributed by atoms with Gasteiger partial charge in [-0.1, -0.05) is 6.08 Å². The van der Waals surface area contributed by atoms with Crippen LogP contribution in [-0.2, 0) is 14.3 Å². The van der Waals surface area contributed by atoms with Gasteiger partial charge in [0, 0.05) is 6.42 Å². The van der Waals surface area contributed by atoms with Crippen LogP contribution in [0.25, 0.3) is 0 Å². The second kappa shape index (κ2) is 9.54. The first-order valence-corrected chi connectivity index (χ1v) is 8.34. The number of allylic oxidation sites excluding steroid dienone is 1. The van der Waals surface area contributed by atoms with Crippen molar-refractivity contribution in [3.63, 3.8) is 0 Å². The van der Waals surface area contributed by atoms with Crippen LogP contribution in [0.1, 0.15) is 19.3 Å². The van der Waals surface area contributed by atoms with E-state index in [2.05, 4.69) is 6.58 Å². The molecule has 8 heteroatoms. The van der Waals surface area contributed by atoms with E-state index in [9.17, 15) is 25.2 Å². The molecule has 0 aliphatic carbocycles. The number of esters is 1. The van der Waals surface area contributed by atoms with E-state index in [4.69, 9.17) is 14.2 Å². The Morgan fingerprint density at radius 3 is 2.50 bits per heavy atom. The first-order chi connectivity index (χ1) is 12.4. The maximum absolute atomic E-state index is 11.7. The summed E-state index contributed by atoms with van der Waals surface area (Å²) in [7, 11) is 0. The quantitative estimate of drug-likeness (QED) is 0.297. The van der Waals surface area contributed by atoms with Gasteiger partial charge in [0.05, 0.1) is 0 Å². The molecule has 0 aromatic heterocycles. The molecule has 0 amide bonds. The number of aromatic hydroxyl groups is 1. The Balaban J connectivity index is 1.93. The highest BCUT2D eigenvalue weighted by Gasteiger charge is 2.45. The van der Waals surface area contributed by atoms with Crippen molar-refractivity contribution in [2.45, 2.75) is 50.0 Å². The number of ether oxygens (including phenoxy) is 3. The Kier molecular flexibility index (Phi) is 7.40. The van der Waals surface area contributed by atoms with Gasteiger partial charge < -0.3 is 34.6 Å². The fraction of sp³-hybridized carbons (Fsp3) is 0.500. The Labute approximate surface area is 151 Å². The third kappa shape index (κ3) is 5.43. The molecule has 144 valence electrons. The fourth-order valence-corrected chi connectivity index (χ4v) is 2.45. The standard InChI is InChI=1S/C18H24O8/c1-2-3-4-5-14(20)24-10-13-15(21)16(22)17(23)18(26-13)25-12-8-6-11(19)7-9-12/h2,6-9,13,15-19,21-23H,1,3-5,10H2/t13-,15-,16+,17-,18-/m1/s1. The van der Waals surface area contributed by atoms with Crippen LogP contribution in [0.4, 0.5) is 0 Å². The van der Waals surface area contributed by atoms with Crippen LogP contribution in [0, 0.1) is 0 Å². The first-order valence-electron chi connectivity index (χ1n) is 8.34. The van der Waals surface area contributed by atoms with E-state index in [1.54, 1.807) is 6.08 Å². The van der Waals surface area contributed by atoms with Crippen LogP contribution in [0.3, 0.4) is 0 Å². The lowest BCUT2D eigenvalue weighted by Gasteiger charge is -2.39. The number of phenols is 1. The largest absolute Gasteiger partial charge is 0.508 e. The van der Waals surface area contributed by atoms with Crippen LogP contribution >= 0.6 is 0 Å². The summed E-state index contributed by atoms with van der Waals surface area (Å²) in [6.45, 7) is 3.28. The molecule has 4 N–H and O–H groups in total. The van der Waals surface area contributed by atoms with Crippen LogP contribution in [0.5, 0.6) is 11.5 Å². The normalized spacial score (nSPS) is 28.3. The van der Waals surface area contributed by atoms with Crippen molar-refractivity contribution in [2.24, 2.45) is 0 Å². The number of hydrogen-bond acceptors (Lipinski definition) is 8. The van der Waals surface area contributed by atoms with E-state index in [1.165, 1.54) is 24.3 Å². The Bertz CT molecular complexity index is 587. The molecule has 1 aromatic rings. The number of carbonyl (C=O) groups excluding carboxylic acids is 1. The second-order valence-corrected chi connectivity index (χ2v) is 5.99. The average Bonchev–Trinajstić information content (AvgIpc) is 2.63. The van der Waals surface area contributed by atoms with E-state index >= 15 is 0 Å². The van der Waals surface area contributed by atoms with Gasteiger partial charge in [-0.15, -0.1) is 6.58 Å². The molecule has 26 heavy (non-hydrogen) atoms. The molecule has 8 nitrogen and oxygen atoms in total. The molecule has 1 saturated heterocycles. The molecule has 2 rings (SSSR count). The number of benzene rings is 1. The molecule has 1 aliphatic rings. The lowest BCUT2D eigenvalue weighted by atomic mass is 9.99. The van der Waals surface area contributed by atoms with Gasteiger partial charge in [0.2, 0.25) is 6.29 Å². The summed E-state index contributed by atoms with van der Waals surface area (Å²) in [5.41, 5.74) is 0. The maximum atomic E-state index is 11.7. The zero-order valence-electron chi connectivity index (χ0n) is 14.2. The SMILES string of the molecule is C=CCCCC(=O)OC[C@H]1O[C@@H](Oc2ccc(O)cc2)[C@H](O)[C@@H](O)[C@@H]1O. The van der Waals surface area contributed by atoms with Crippen molar-refractivity contribution in [3.05, 3.63) is 36.9 Å². The Hall–Kier alpha value is -2.13. The summed E-state index contributed by atoms with van der Waals surface area (Å²) < 4.78 is 16.0. The number of carbonyl (C=O) groups is 1. The van der Waals surface area contributed by atoms with Gasteiger partial charge in [0.1, 0.15) is 42.5 Å². The highest BCUT2D eigenvalue weighted by Crippen LogP contribution is 2.25. The molecule has 1 heterocycles. The second-order valence-electron chi connectivity index (χ2n) is 5.99. The lowest BCUT2D eigenvalue weighted by molar-refractivity contribution is -0.278. The van der Waals surface area contributed by atoms with Gasteiger partial charge in [-0.05, 0) is 37.1 Å². The zero-order valence-corrected chi connectivity index (χ0v) is 14.2. The molecular weight excluding hydrogens is 344 g/mol. The summed E-state index contributed by atoms with van der Waals surface area (Å²) in [5, 5.41) is 39.3.